The van der Waals surface area contributed by atoms with Crippen LogP contribution in [-0.2, 0) is 0 Å². The quantitative estimate of drug-likeness (QED) is 0.514. The molecule has 0 aromatic carbocycles. The van der Waals surface area contributed by atoms with Crippen molar-refractivity contribution in [2.45, 2.75) is 44.6 Å². The summed E-state index contributed by atoms with van der Waals surface area (Å²) < 4.78 is 0. The summed E-state index contributed by atoms with van der Waals surface area (Å²) >= 11 is 0. The van der Waals surface area contributed by atoms with Crippen LogP contribution in [0, 0.1) is 6.92 Å². The Labute approximate surface area is 157 Å². The highest BCUT2D eigenvalue weighted by atomic mass is 16.2. The van der Waals surface area contributed by atoms with Crippen molar-refractivity contribution in [3.8, 4) is 0 Å². The number of amides is 1. The van der Waals surface area contributed by atoms with E-state index in [-0.39, 0.29) is 22.9 Å². The molecule has 0 bridgehead atoms. The average molecular weight is 371 g/mol. The van der Waals surface area contributed by atoms with Crippen LogP contribution < -0.4 is 27.7 Å². The van der Waals surface area contributed by atoms with Crippen LogP contribution in [0.4, 0.5) is 17.5 Å². The van der Waals surface area contributed by atoms with E-state index in [4.69, 9.17) is 11.5 Å². The van der Waals surface area contributed by atoms with Gasteiger partial charge < -0.3 is 22.1 Å². The summed E-state index contributed by atoms with van der Waals surface area (Å²) in [6.07, 6.45) is 6.81. The zero-order chi connectivity index (χ0) is 19.4. The van der Waals surface area contributed by atoms with Crippen molar-refractivity contribution in [3.05, 3.63) is 39.9 Å². The Bertz CT molecular complexity index is 870. The largest absolute Gasteiger partial charge is 0.365 e. The van der Waals surface area contributed by atoms with Crippen molar-refractivity contribution in [3.63, 3.8) is 0 Å². The molecule has 1 aliphatic rings. The minimum atomic E-state index is -0.861. The number of anilines is 3. The van der Waals surface area contributed by atoms with Gasteiger partial charge in [0, 0.05) is 17.8 Å². The van der Waals surface area contributed by atoms with Gasteiger partial charge in [0.2, 0.25) is 5.95 Å². The lowest BCUT2D eigenvalue weighted by Crippen LogP contribution is -2.48. The second-order valence-electron chi connectivity index (χ2n) is 7.09. The first-order valence-electron chi connectivity index (χ1n) is 9.03. The van der Waals surface area contributed by atoms with Crippen LogP contribution in [0.5, 0.6) is 0 Å². The number of hydrogen-bond donors (Lipinski definition) is 5. The predicted octanol–water partition coefficient (Wildman–Crippen LogP) is 1.39. The molecular weight excluding hydrogens is 346 g/mol. The molecule has 0 atom stereocenters. The van der Waals surface area contributed by atoms with E-state index < -0.39 is 11.5 Å². The molecule has 2 aromatic rings. The third-order valence-electron chi connectivity index (χ3n) is 4.80. The number of aryl methyl sites for hydroxylation is 1. The average Bonchev–Trinajstić information content (AvgIpc) is 2.62. The summed E-state index contributed by atoms with van der Waals surface area (Å²) in [5, 5.41) is 6.04. The monoisotopic (exact) mass is 371 g/mol. The minimum Gasteiger partial charge on any atom is -0.365 e. The topological polar surface area (TPSA) is 152 Å². The van der Waals surface area contributed by atoms with Gasteiger partial charge in [-0.15, -0.1) is 0 Å². The fraction of sp³-hybridized carbons (Fsp3) is 0.444. The number of rotatable bonds is 6. The van der Waals surface area contributed by atoms with Crippen LogP contribution in [0.2, 0.25) is 0 Å². The first-order chi connectivity index (χ1) is 12.9. The van der Waals surface area contributed by atoms with E-state index in [0.717, 1.165) is 31.4 Å². The number of aromatic amines is 1. The highest BCUT2D eigenvalue weighted by molar-refractivity contribution is 5.98. The Morgan fingerprint density at radius 3 is 2.67 bits per heavy atom. The fourth-order valence-corrected chi connectivity index (χ4v) is 3.25. The molecule has 1 amide bonds. The lowest BCUT2D eigenvalue weighted by atomic mass is 9.82. The summed E-state index contributed by atoms with van der Waals surface area (Å²) in [6, 6.07) is 3.58. The van der Waals surface area contributed by atoms with E-state index in [0.29, 0.717) is 12.2 Å². The van der Waals surface area contributed by atoms with Crippen molar-refractivity contribution in [2.75, 3.05) is 17.2 Å². The molecule has 0 radical (unpaired) electrons. The molecule has 7 N–H and O–H groups in total. The molecule has 9 nitrogen and oxygen atoms in total. The van der Waals surface area contributed by atoms with Crippen LogP contribution in [0.3, 0.4) is 0 Å². The number of pyridine rings is 1. The number of hydrogen-bond acceptors (Lipinski definition) is 7. The molecule has 9 heteroatoms. The van der Waals surface area contributed by atoms with E-state index in [1.165, 1.54) is 6.42 Å². The molecule has 0 aliphatic heterocycles. The molecule has 0 unspecified atom stereocenters. The van der Waals surface area contributed by atoms with Crippen LogP contribution in [-0.4, -0.2) is 32.9 Å². The molecule has 27 heavy (non-hydrogen) atoms. The number of H-pyrrole nitrogens is 1. The molecule has 3 rings (SSSR count). The number of nitrogens with two attached hydrogens (primary N) is 2. The molecule has 144 valence electrons. The van der Waals surface area contributed by atoms with Crippen LogP contribution in [0.25, 0.3) is 0 Å². The predicted molar refractivity (Wildman–Crippen MR) is 104 cm³/mol. The van der Waals surface area contributed by atoms with E-state index in [1.54, 1.807) is 18.3 Å². The second kappa shape index (κ2) is 7.75. The summed E-state index contributed by atoms with van der Waals surface area (Å²) in [7, 11) is 0. The van der Waals surface area contributed by atoms with Gasteiger partial charge in [0.15, 0.2) is 5.82 Å². The maximum Gasteiger partial charge on any atom is 0.267 e. The van der Waals surface area contributed by atoms with Gasteiger partial charge in [-0.2, -0.15) is 4.98 Å². The van der Waals surface area contributed by atoms with Crippen molar-refractivity contribution < 1.29 is 4.79 Å². The number of primary amides is 1. The van der Waals surface area contributed by atoms with Gasteiger partial charge in [0.25, 0.3) is 11.5 Å². The zero-order valence-corrected chi connectivity index (χ0v) is 15.3. The van der Waals surface area contributed by atoms with Crippen molar-refractivity contribution in [2.24, 2.45) is 11.5 Å². The van der Waals surface area contributed by atoms with Crippen molar-refractivity contribution in [1.29, 1.82) is 0 Å². The molecule has 2 heterocycles. The van der Waals surface area contributed by atoms with Crippen LogP contribution >= 0.6 is 0 Å². The Morgan fingerprint density at radius 1 is 1.30 bits per heavy atom. The van der Waals surface area contributed by atoms with Gasteiger partial charge in [-0.3, -0.25) is 19.6 Å². The molecule has 0 saturated heterocycles. The second-order valence-corrected chi connectivity index (χ2v) is 7.09. The lowest BCUT2D eigenvalue weighted by Gasteiger charge is -2.33. The van der Waals surface area contributed by atoms with Gasteiger partial charge in [-0.1, -0.05) is 19.3 Å². The van der Waals surface area contributed by atoms with Crippen molar-refractivity contribution >= 4 is 23.4 Å². The first kappa shape index (κ1) is 18.8. The van der Waals surface area contributed by atoms with E-state index in [2.05, 4.69) is 25.6 Å². The van der Waals surface area contributed by atoms with Gasteiger partial charge >= 0.3 is 0 Å². The summed E-state index contributed by atoms with van der Waals surface area (Å²) in [5.74, 6) is -0.544. The smallest absolute Gasteiger partial charge is 0.267 e. The number of nitrogens with one attached hydrogen (secondary N) is 3. The minimum absolute atomic E-state index is 0.0779. The maximum absolute atomic E-state index is 12.4. The van der Waals surface area contributed by atoms with Crippen molar-refractivity contribution in [1.82, 2.24) is 15.0 Å². The third-order valence-corrected chi connectivity index (χ3v) is 4.80. The fourth-order valence-electron chi connectivity index (χ4n) is 3.25. The number of nitrogens with zero attached hydrogens (tertiary/aromatic N) is 2. The van der Waals surface area contributed by atoms with Gasteiger partial charge in [0.1, 0.15) is 5.56 Å². The summed E-state index contributed by atoms with van der Waals surface area (Å²) in [5.41, 5.74) is 12.0. The maximum atomic E-state index is 12.4. The lowest BCUT2D eigenvalue weighted by molar-refractivity contribution is 0.0999. The molecule has 0 spiro atoms. The van der Waals surface area contributed by atoms with Crippen LogP contribution in [0.1, 0.15) is 48.2 Å². The summed E-state index contributed by atoms with van der Waals surface area (Å²) in [4.78, 5) is 35.1. The molecule has 2 aromatic heterocycles. The van der Waals surface area contributed by atoms with E-state index >= 15 is 0 Å². The van der Waals surface area contributed by atoms with Gasteiger partial charge in [0.05, 0.1) is 11.9 Å². The molecule has 1 saturated carbocycles. The van der Waals surface area contributed by atoms with E-state index in [9.17, 15) is 9.59 Å². The standard InChI is InChI=1S/C18H25N7O2/c1-11-5-6-12(9-21-11)23-15-13(14(19)26)16(27)25-17(24-15)22-10-18(20)7-3-2-4-8-18/h5-6,9H,2-4,7-8,10,20H2,1H3,(H2,19,26)(H3,22,23,24,25,27). The Hall–Kier alpha value is -2.94. The highest BCUT2D eigenvalue weighted by Crippen LogP contribution is 2.26. The van der Waals surface area contributed by atoms with Gasteiger partial charge in [-0.25, -0.2) is 0 Å². The SMILES string of the molecule is Cc1ccc(Nc2nc(NCC3(N)CCCCC3)[nH]c(=O)c2C(N)=O)cn1. The summed E-state index contributed by atoms with van der Waals surface area (Å²) in [6.45, 7) is 2.34. The van der Waals surface area contributed by atoms with E-state index in [1.807, 2.05) is 6.92 Å². The Kier molecular flexibility index (Phi) is 5.41. The number of carbonyl (C=O) groups excluding carboxylic acids is 1. The normalized spacial score (nSPS) is 15.9. The Morgan fingerprint density at radius 2 is 2.04 bits per heavy atom. The highest BCUT2D eigenvalue weighted by Gasteiger charge is 2.27. The van der Waals surface area contributed by atoms with Gasteiger partial charge in [-0.05, 0) is 31.9 Å². The Balaban J connectivity index is 1.85. The molecule has 1 aliphatic carbocycles. The third kappa shape index (κ3) is 4.62. The molecular formula is C18H25N7O2. The number of aromatic nitrogens is 3. The zero-order valence-electron chi connectivity index (χ0n) is 15.3. The molecule has 1 fully saturated rings. The van der Waals surface area contributed by atoms with Crippen LogP contribution in [0.15, 0.2) is 23.1 Å². The first-order valence-corrected chi connectivity index (χ1v) is 9.03. The number of carbonyl (C=O) groups is 1.